The number of benzene rings is 3. The van der Waals surface area contributed by atoms with E-state index in [1.54, 1.807) is 43.5 Å². The zero-order chi connectivity index (χ0) is 29.9. The van der Waals surface area contributed by atoms with Crippen LogP contribution in [-0.4, -0.2) is 34.3 Å². The Morgan fingerprint density at radius 3 is 2.49 bits per heavy atom. The summed E-state index contributed by atoms with van der Waals surface area (Å²) in [7, 11) is 1.87. The lowest BCUT2D eigenvalue weighted by atomic mass is 10.0. The van der Waals surface area contributed by atoms with E-state index in [1.807, 2.05) is 37.9 Å². The molecule has 0 amide bonds. The molecule has 216 valence electrons. The van der Waals surface area contributed by atoms with Gasteiger partial charge in [-0.2, -0.15) is 5.10 Å². The quantitative estimate of drug-likeness (QED) is 0.204. The van der Waals surface area contributed by atoms with Crippen LogP contribution < -0.4 is 14.4 Å². The number of aromatic carboxylic acids is 1. The number of nitrogens with zero attached hydrogens (tertiary/aromatic N) is 3. The third kappa shape index (κ3) is 7.13. The van der Waals surface area contributed by atoms with E-state index < -0.39 is 12.3 Å². The Bertz CT molecular complexity index is 1550. The second kappa shape index (κ2) is 12.1. The van der Waals surface area contributed by atoms with Crippen LogP contribution in [0.2, 0.25) is 5.02 Å². The van der Waals surface area contributed by atoms with Gasteiger partial charge in [-0.05, 0) is 59.9 Å². The van der Waals surface area contributed by atoms with Crippen molar-refractivity contribution in [2.45, 2.75) is 46.2 Å². The fourth-order valence-corrected chi connectivity index (χ4v) is 4.84. The number of hydrogen-bond donors (Lipinski definition) is 1. The summed E-state index contributed by atoms with van der Waals surface area (Å²) in [4.78, 5) is 13.2. The number of rotatable bonds is 10. The van der Waals surface area contributed by atoms with Crippen LogP contribution in [0.15, 0.2) is 66.9 Å². The number of para-hydroxylation sites is 2. The van der Waals surface area contributed by atoms with Gasteiger partial charge < -0.3 is 19.5 Å². The molecule has 3 aromatic carbocycles. The maximum Gasteiger partial charge on any atom is 0.573 e. The normalized spacial score (nSPS) is 11.5. The number of carbonyl (C=O) groups is 1. The number of halogens is 4. The van der Waals surface area contributed by atoms with Crippen molar-refractivity contribution in [1.29, 1.82) is 0 Å². The number of hydrogen-bond acceptors (Lipinski definition) is 5. The molecule has 4 rings (SSSR count). The molecule has 11 heteroatoms. The zero-order valence-electron chi connectivity index (χ0n) is 22.9. The van der Waals surface area contributed by atoms with Crippen LogP contribution in [0.4, 0.5) is 18.9 Å². The summed E-state index contributed by atoms with van der Waals surface area (Å²) in [5.74, 6) is -0.840. The molecule has 1 heterocycles. The second-order valence-electron chi connectivity index (χ2n) is 9.84. The Labute approximate surface area is 240 Å². The highest BCUT2D eigenvalue weighted by molar-refractivity contribution is 6.33. The third-order valence-electron chi connectivity index (χ3n) is 6.49. The molecule has 0 atom stereocenters. The topological polar surface area (TPSA) is 76.8 Å². The Balaban J connectivity index is 1.54. The van der Waals surface area contributed by atoms with Crippen LogP contribution in [-0.2, 0) is 13.2 Å². The molecule has 0 fully saturated rings. The largest absolute Gasteiger partial charge is 0.573 e. The molecule has 0 spiro atoms. The second-order valence-corrected chi connectivity index (χ2v) is 10.2. The summed E-state index contributed by atoms with van der Waals surface area (Å²) < 4.78 is 50.8. The van der Waals surface area contributed by atoms with Gasteiger partial charge in [-0.15, -0.1) is 13.2 Å². The van der Waals surface area contributed by atoms with Crippen LogP contribution in [0.5, 0.6) is 11.5 Å². The lowest BCUT2D eigenvalue weighted by Crippen LogP contribution is -2.19. The fourth-order valence-electron chi connectivity index (χ4n) is 4.53. The van der Waals surface area contributed by atoms with Crippen LogP contribution in [0.3, 0.4) is 0 Å². The first-order valence-corrected chi connectivity index (χ1v) is 13.1. The molecule has 0 aliphatic carbocycles. The number of carboxylic acids is 1. The van der Waals surface area contributed by atoms with E-state index in [0.717, 1.165) is 16.8 Å². The number of aromatic nitrogens is 2. The highest BCUT2D eigenvalue weighted by Gasteiger charge is 2.33. The van der Waals surface area contributed by atoms with Crippen molar-refractivity contribution in [1.82, 2.24) is 9.78 Å². The lowest BCUT2D eigenvalue weighted by molar-refractivity contribution is -0.274. The van der Waals surface area contributed by atoms with Crippen LogP contribution in [0.1, 0.15) is 52.5 Å². The standard InChI is InChI=1S/C30H29ClF3N3O4/c1-18(2)23-15-35-37(26-7-5-6-8-28(26)41-30(32,33)34)27(23)17-40-21-10-12-25(24(31)14-21)36(4)16-20-9-11-22(29(38)39)19(3)13-20/h5-15,18H,16-17H2,1-4H3,(H,38,39). The number of anilines is 1. The summed E-state index contributed by atoms with van der Waals surface area (Å²) >= 11 is 6.60. The van der Waals surface area contributed by atoms with Gasteiger partial charge in [-0.25, -0.2) is 9.48 Å². The molecular weight excluding hydrogens is 559 g/mol. The minimum atomic E-state index is -4.85. The Morgan fingerprint density at radius 2 is 1.85 bits per heavy atom. The summed E-state index contributed by atoms with van der Waals surface area (Å²) in [6.07, 6.45) is -3.24. The first-order chi connectivity index (χ1) is 19.3. The van der Waals surface area contributed by atoms with E-state index in [2.05, 4.69) is 9.84 Å². The lowest BCUT2D eigenvalue weighted by Gasteiger charge is -2.22. The molecule has 1 N–H and O–H groups in total. The smallest absolute Gasteiger partial charge is 0.487 e. The molecule has 4 aromatic rings. The molecule has 0 saturated carbocycles. The van der Waals surface area contributed by atoms with Gasteiger partial charge in [-0.1, -0.05) is 49.7 Å². The first kappa shape index (κ1) is 29.8. The molecule has 0 aliphatic heterocycles. The van der Waals surface area contributed by atoms with Crippen molar-refractivity contribution in [3.05, 3.63) is 99.8 Å². The monoisotopic (exact) mass is 587 g/mol. The Kier molecular flexibility index (Phi) is 8.82. The fraction of sp³-hybridized carbons (Fsp3) is 0.267. The van der Waals surface area contributed by atoms with E-state index in [-0.39, 0.29) is 29.5 Å². The predicted octanol–water partition coefficient (Wildman–Crippen LogP) is 7.77. The third-order valence-corrected chi connectivity index (χ3v) is 6.79. The van der Waals surface area contributed by atoms with Gasteiger partial charge >= 0.3 is 12.3 Å². The number of carboxylic acid groups (broad SMARTS) is 1. The zero-order valence-corrected chi connectivity index (χ0v) is 23.6. The molecule has 1 aromatic heterocycles. The highest BCUT2D eigenvalue weighted by atomic mass is 35.5. The van der Waals surface area contributed by atoms with E-state index in [9.17, 15) is 23.1 Å². The summed E-state index contributed by atoms with van der Waals surface area (Å²) in [6, 6.07) is 16.2. The molecule has 0 radical (unpaired) electrons. The van der Waals surface area contributed by atoms with Crippen molar-refractivity contribution in [3.8, 4) is 17.2 Å². The molecule has 0 unspecified atom stereocenters. The number of alkyl halides is 3. The van der Waals surface area contributed by atoms with E-state index in [1.165, 1.54) is 22.9 Å². The average Bonchev–Trinajstić information content (AvgIpc) is 3.30. The highest BCUT2D eigenvalue weighted by Crippen LogP contribution is 2.34. The molecule has 7 nitrogen and oxygen atoms in total. The average molecular weight is 588 g/mol. The molecular formula is C30H29ClF3N3O4. The van der Waals surface area contributed by atoms with Crippen molar-refractivity contribution < 1.29 is 32.5 Å². The van der Waals surface area contributed by atoms with Gasteiger partial charge in [0.15, 0.2) is 5.75 Å². The van der Waals surface area contributed by atoms with Gasteiger partial charge in [0.1, 0.15) is 18.0 Å². The summed E-state index contributed by atoms with van der Waals surface area (Å²) in [5.41, 5.74) is 4.13. The predicted molar refractivity (Wildman–Crippen MR) is 150 cm³/mol. The maximum absolute atomic E-state index is 13.0. The molecule has 0 bridgehead atoms. The van der Waals surface area contributed by atoms with Crippen molar-refractivity contribution in [2.75, 3.05) is 11.9 Å². The summed E-state index contributed by atoms with van der Waals surface area (Å²) in [5, 5.41) is 14.0. The Morgan fingerprint density at radius 1 is 1.12 bits per heavy atom. The summed E-state index contributed by atoms with van der Waals surface area (Å²) in [6.45, 7) is 6.19. The van der Waals surface area contributed by atoms with E-state index >= 15 is 0 Å². The van der Waals surface area contributed by atoms with Gasteiger partial charge in [0.05, 0.1) is 28.2 Å². The first-order valence-electron chi connectivity index (χ1n) is 12.7. The maximum atomic E-state index is 13.0. The minimum absolute atomic E-state index is 0.0224. The van der Waals surface area contributed by atoms with Crippen molar-refractivity contribution >= 4 is 23.3 Å². The molecule has 0 aliphatic rings. The minimum Gasteiger partial charge on any atom is -0.487 e. The van der Waals surface area contributed by atoms with Crippen LogP contribution in [0.25, 0.3) is 5.69 Å². The van der Waals surface area contributed by atoms with E-state index in [4.69, 9.17) is 16.3 Å². The van der Waals surface area contributed by atoms with Gasteiger partial charge in [-0.3, -0.25) is 0 Å². The van der Waals surface area contributed by atoms with Crippen LogP contribution >= 0.6 is 11.6 Å². The number of aryl methyl sites for hydroxylation is 1. The molecule has 41 heavy (non-hydrogen) atoms. The number of ether oxygens (including phenoxy) is 2. The molecule has 0 saturated heterocycles. The van der Waals surface area contributed by atoms with Gasteiger partial charge in [0.2, 0.25) is 0 Å². The van der Waals surface area contributed by atoms with Crippen molar-refractivity contribution in [3.63, 3.8) is 0 Å². The van der Waals surface area contributed by atoms with Gasteiger partial charge in [0.25, 0.3) is 0 Å². The van der Waals surface area contributed by atoms with Crippen LogP contribution in [0, 0.1) is 6.92 Å². The van der Waals surface area contributed by atoms with Crippen molar-refractivity contribution in [2.24, 2.45) is 0 Å². The van der Waals surface area contributed by atoms with E-state index in [0.29, 0.717) is 28.6 Å². The Hall–Kier alpha value is -4.18. The van der Waals surface area contributed by atoms with Gasteiger partial charge in [0, 0.05) is 19.7 Å². The SMILES string of the molecule is Cc1cc(CN(C)c2ccc(OCc3c(C(C)C)cnn3-c3ccccc3OC(F)(F)F)cc2Cl)ccc1C(=O)O.